The fourth-order valence-corrected chi connectivity index (χ4v) is 2.30. The molecule has 0 saturated carbocycles. The predicted octanol–water partition coefficient (Wildman–Crippen LogP) is 3.97. The molecule has 2 rings (SSSR count). The molecule has 112 valence electrons. The molecule has 4 nitrogen and oxygen atoms in total. The van der Waals surface area contributed by atoms with E-state index in [9.17, 15) is 9.18 Å². The Kier molecular flexibility index (Phi) is 4.57. The molecule has 0 bridgehead atoms. The number of nitrogens with one attached hydrogen (secondary N) is 1. The van der Waals surface area contributed by atoms with Crippen LogP contribution in [0.5, 0.6) is 0 Å². The molecule has 0 aliphatic carbocycles. The summed E-state index contributed by atoms with van der Waals surface area (Å²) >= 11 is 1.31. The van der Waals surface area contributed by atoms with E-state index in [2.05, 4.69) is 9.69 Å². The van der Waals surface area contributed by atoms with Gasteiger partial charge in [-0.3, -0.25) is 0 Å². The Morgan fingerprint density at radius 3 is 2.71 bits per heavy atom. The zero-order valence-corrected chi connectivity index (χ0v) is 13.0. The molecule has 0 fully saturated rings. The normalized spacial score (nSPS) is 11.2. The average Bonchev–Trinajstić information content (AvgIpc) is 2.87. The highest BCUT2D eigenvalue weighted by molar-refractivity contribution is 7.03. The summed E-state index contributed by atoms with van der Waals surface area (Å²) < 4.78 is 22.8. The van der Waals surface area contributed by atoms with E-state index in [0.717, 1.165) is 11.1 Å². The first-order chi connectivity index (χ1) is 9.83. The molecule has 0 saturated heterocycles. The second-order valence-corrected chi connectivity index (χ2v) is 6.27. The second kappa shape index (κ2) is 6.22. The molecule has 1 aromatic carbocycles. The van der Waals surface area contributed by atoms with Crippen molar-refractivity contribution < 1.29 is 13.9 Å². The Morgan fingerprint density at radius 2 is 2.10 bits per heavy atom. The fourth-order valence-electron chi connectivity index (χ4n) is 1.75. The maximum atomic E-state index is 13.7. The van der Waals surface area contributed by atoms with Gasteiger partial charge in [-0.05, 0) is 61.6 Å². The minimum atomic E-state index is -0.556. The first-order valence-electron chi connectivity index (χ1n) is 6.49. The molecule has 21 heavy (non-hydrogen) atoms. The maximum absolute atomic E-state index is 13.7. The minimum Gasteiger partial charge on any atom is -0.444 e. The number of carbonyl (C=O) groups is 1. The van der Waals surface area contributed by atoms with E-state index < -0.39 is 11.7 Å². The topological polar surface area (TPSA) is 51.2 Å². The number of hydrogen-bond acceptors (Lipinski definition) is 4. The van der Waals surface area contributed by atoms with Crippen LogP contribution in [0.15, 0.2) is 29.8 Å². The SMILES string of the molecule is CC(C)(C)OC(=O)NCc1cc(F)cc(-c2cnsc2)c1. The highest BCUT2D eigenvalue weighted by Crippen LogP contribution is 2.23. The highest BCUT2D eigenvalue weighted by Gasteiger charge is 2.15. The first-order valence-corrected chi connectivity index (χ1v) is 7.33. The summed E-state index contributed by atoms with van der Waals surface area (Å²) in [6.07, 6.45) is 1.16. The lowest BCUT2D eigenvalue weighted by atomic mass is 10.1. The van der Waals surface area contributed by atoms with Crippen molar-refractivity contribution >= 4 is 17.6 Å². The van der Waals surface area contributed by atoms with E-state index in [0.29, 0.717) is 5.56 Å². The van der Waals surface area contributed by atoms with E-state index in [-0.39, 0.29) is 12.4 Å². The number of benzene rings is 1. The molecule has 6 heteroatoms. The van der Waals surface area contributed by atoms with Crippen LogP contribution in [0.4, 0.5) is 9.18 Å². The summed E-state index contributed by atoms with van der Waals surface area (Å²) in [6, 6.07) is 4.66. The van der Waals surface area contributed by atoms with Crippen molar-refractivity contribution in [2.75, 3.05) is 0 Å². The Bertz CT molecular complexity index is 621. The third-order valence-electron chi connectivity index (χ3n) is 2.56. The summed E-state index contributed by atoms with van der Waals surface area (Å²) in [6.45, 7) is 5.57. The monoisotopic (exact) mass is 308 g/mol. The molecule has 0 unspecified atom stereocenters. The molecule has 1 amide bonds. The van der Waals surface area contributed by atoms with Crippen molar-refractivity contribution in [3.63, 3.8) is 0 Å². The van der Waals surface area contributed by atoms with Crippen LogP contribution in [0.1, 0.15) is 26.3 Å². The van der Waals surface area contributed by atoms with E-state index in [1.165, 1.54) is 23.7 Å². The highest BCUT2D eigenvalue weighted by atomic mass is 32.1. The van der Waals surface area contributed by atoms with Crippen LogP contribution in [0.3, 0.4) is 0 Å². The molecule has 2 aromatic rings. The van der Waals surface area contributed by atoms with Gasteiger partial charge >= 0.3 is 6.09 Å². The average molecular weight is 308 g/mol. The summed E-state index contributed by atoms with van der Waals surface area (Å²) in [5.74, 6) is -0.348. The van der Waals surface area contributed by atoms with E-state index in [4.69, 9.17) is 4.74 Å². The van der Waals surface area contributed by atoms with Crippen LogP contribution in [0.25, 0.3) is 11.1 Å². The fraction of sp³-hybridized carbons (Fsp3) is 0.333. The summed E-state index contributed by atoms with van der Waals surface area (Å²) in [5.41, 5.74) is 1.71. The molecule has 0 spiro atoms. The predicted molar refractivity (Wildman–Crippen MR) is 80.6 cm³/mol. The molecule has 1 N–H and O–H groups in total. The molecule has 1 heterocycles. The lowest BCUT2D eigenvalue weighted by molar-refractivity contribution is 0.0523. The molecule has 0 aliphatic rings. The molecule has 0 aliphatic heterocycles. The third-order valence-corrected chi connectivity index (χ3v) is 3.15. The smallest absolute Gasteiger partial charge is 0.407 e. The van der Waals surface area contributed by atoms with Crippen molar-refractivity contribution in [3.8, 4) is 11.1 Å². The van der Waals surface area contributed by atoms with E-state index >= 15 is 0 Å². The number of halogens is 1. The van der Waals surface area contributed by atoms with Gasteiger partial charge in [-0.1, -0.05) is 0 Å². The summed E-state index contributed by atoms with van der Waals surface area (Å²) in [5, 5.41) is 4.46. The van der Waals surface area contributed by atoms with Crippen LogP contribution >= 0.6 is 11.5 Å². The van der Waals surface area contributed by atoms with Crippen molar-refractivity contribution in [2.45, 2.75) is 32.9 Å². The van der Waals surface area contributed by atoms with E-state index in [1.807, 2.05) is 11.4 Å². The van der Waals surface area contributed by atoms with Gasteiger partial charge in [0.2, 0.25) is 0 Å². The van der Waals surface area contributed by atoms with Crippen LogP contribution in [0.2, 0.25) is 0 Å². The van der Waals surface area contributed by atoms with Crippen molar-refractivity contribution in [3.05, 3.63) is 41.2 Å². The van der Waals surface area contributed by atoms with Gasteiger partial charge in [-0.25, -0.2) is 13.6 Å². The van der Waals surface area contributed by atoms with Gasteiger partial charge in [-0.15, -0.1) is 0 Å². The maximum Gasteiger partial charge on any atom is 0.407 e. The Morgan fingerprint density at radius 1 is 1.33 bits per heavy atom. The van der Waals surface area contributed by atoms with Gasteiger partial charge in [0.1, 0.15) is 11.4 Å². The second-order valence-electron chi connectivity index (χ2n) is 5.62. The molecular formula is C15H17FN2O2S. The van der Waals surface area contributed by atoms with Gasteiger partial charge in [0.05, 0.1) is 0 Å². The third kappa shape index (κ3) is 4.82. The van der Waals surface area contributed by atoms with Gasteiger partial charge in [0, 0.05) is 23.7 Å². The van der Waals surface area contributed by atoms with Crippen molar-refractivity contribution in [1.82, 2.24) is 9.69 Å². The van der Waals surface area contributed by atoms with Crippen molar-refractivity contribution in [1.29, 1.82) is 0 Å². The van der Waals surface area contributed by atoms with Gasteiger partial charge < -0.3 is 10.1 Å². The number of rotatable bonds is 3. The number of ether oxygens (including phenoxy) is 1. The lowest BCUT2D eigenvalue weighted by Crippen LogP contribution is -2.32. The standard InChI is InChI=1S/C15H17FN2O2S/c1-15(2,3)20-14(19)17-7-10-4-11(6-13(16)5-10)12-8-18-21-9-12/h4-6,8-9H,7H2,1-3H3,(H,17,19). The zero-order chi connectivity index (χ0) is 15.5. The van der Waals surface area contributed by atoms with Crippen LogP contribution in [-0.2, 0) is 11.3 Å². The molecule has 0 atom stereocenters. The Labute approximate surface area is 127 Å². The minimum absolute atomic E-state index is 0.206. The first kappa shape index (κ1) is 15.4. The van der Waals surface area contributed by atoms with Gasteiger partial charge in [0.15, 0.2) is 0 Å². The number of amides is 1. The number of aromatic nitrogens is 1. The molecular weight excluding hydrogens is 291 g/mol. The molecule has 0 radical (unpaired) electrons. The van der Waals surface area contributed by atoms with Crippen LogP contribution in [0, 0.1) is 5.82 Å². The van der Waals surface area contributed by atoms with Gasteiger partial charge in [-0.2, -0.15) is 0 Å². The van der Waals surface area contributed by atoms with E-state index in [1.54, 1.807) is 27.0 Å². The Balaban J connectivity index is 2.06. The number of hydrogen-bond donors (Lipinski definition) is 1. The quantitative estimate of drug-likeness (QED) is 0.933. The molecule has 1 aromatic heterocycles. The largest absolute Gasteiger partial charge is 0.444 e. The lowest BCUT2D eigenvalue weighted by Gasteiger charge is -2.19. The Hall–Kier alpha value is -1.95. The summed E-state index contributed by atoms with van der Waals surface area (Å²) in [7, 11) is 0. The van der Waals surface area contributed by atoms with Crippen molar-refractivity contribution in [2.24, 2.45) is 0 Å². The number of carbonyl (C=O) groups excluding carboxylic acids is 1. The van der Waals surface area contributed by atoms with Gasteiger partial charge in [0.25, 0.3) is 0 Å². The number of alkyl carbamates (subject to hydrolysis) is 1. The number of nitrogens with zero attached hydrogens (tertiary/aromatic N) is 1. The van der Waals surface area contributed by atoms with Crippen LogP contribution in [-0.4, -0.2) is 16.1 Å². The zero-order valence-electron chi connectivity index (χ0n) is 12.1. The summed E-state index contributed by atoms with van der Waals surface area (Å²) in [4.78, 5) is 11.6. The van der Waals surface area contributed by atoms with Crippen LogP contribution < -0.4 is 5.32 Å².